The molecule has 27 heavy (non-hydrogen) atoms. The third-order valence-electron chi connectivity index (χ3n) is 4.23. The van der Waals surface area contributed by atoms with Crippen LogP contribution in [0.25, 0.3) is 16.5 Å². The summed E-state index contributed by atoms with van der Waals surface area (Å²) in [6.07, 6.45) is 11.2. The largest absolute Gasteiger partial charge is 0.360 e. The van der Waals surface area contributed by atoms with Crippen molar-refractivity contribution in [2.45, 2.75) is 26.7 Å². The monoisotopic (exact) mass is 382 g/mol. The number of rotatable bonds is 5. The summed E-state index contributed by atoms with van der Waals surface area (Å²) in [6, 6.07) is 5.88. The van der Waals surface area contributed by atoms with E-state index in [-0.39, 0.29) is 0 Å². The summed E-state index contributed by atoms with van der Waals surface area (Å²) >= 11 is 0. The second-order valence-corrected chi connectivity index (χ2v) is 8.45. The van der Waals surface area contributed by atoms with Crippen molar-refractivity contribution in [2.24, 2.45) is 4.99 Å². The Balaban J connectivity index is 1.85. The predicted molar refractivity (Wildman–Crippen MR) is 111 cm³/mol. The predicted octanol–water partition coefficient (Wildman–Crippen LogP) is 4.10. The quantitative estimate of drug-likeness (QED) is 0.787. The number of nitrogens with one attached hydrogen (secondary N) is 1. The van der Waals surface area contributed by atoms with E-state index in [4.69, 9.17) is 0 Å². The highest BCUT2D eigenvalue weighted by molar-refractivity contribution is 7.94. The fourth-order valence-corrected chi connectivity index (χ4v) is 3.61. The van der Waals surface area contributed by atoms with Gasteiger partial charge in [0.15, 0.2) is 15.7 Å². The molecule has 0 fully saturated rings. The van der Waals surface area contributed by atoms with Crippen LogP contribution < -0.4 is 5.32 Å². The third kappa shape index (κ3) is 4.68. The van der Waals surface area contributed by atoms with Crippen molar-refractivity contribution < 1.29 is 8.42 Å². The van der Waals surface area contributed by atoms with Crippen molar-refractivity contribution in [1.82, 2.24) is 9.97 Å². The molecule has 1 aromatic heterocycles. The fraction of sp³-hybridized carbons (Fsp3) is 0.250. The number of hydrogen-bond acceptors (Lipinski definition) is 6. The van der Waals surface area contributed by atoms with Crippen LogP contribution in [0.5, 0.6) is 0 Å². The van der Waals surface area contributed by atoms with Gasteiger partial charge in [-0.05, 0) is 56.5 Å². The van der Waals surface area contributed by atoms with Crippen LogP contribution in [0, 0.1) is 0 Å². The lowest BCUT2D eigenvalue weighted by Gasteiger charge is -2.13. The fourth-order valence-electron chi connectivity index (χ4n) is 2.82. The first-order chi connectivity index (χ1) is 12.9. The molecule has 2 aromatic rings. The summed E-state index contributed by atoms with van der Waals surface area (Å²) in [7, 11) is -3.13. The van der Waals surface area contributed by atoms with Gasteiger partial charge in [0, 0.05) is 40.8 Å². The molecular formula is C20H22N4O2S. The maximum absolute atomic E-state index is 11.6. The van der Waals surface area contributed by atoms with E-state index < -0.39 is 9.84 Å². The molecule has 0 bridgehead atoms. The van der Waals surface area contributed by atoms with Crippen molar-refractivity contribution in [1.29, 1.82) is 0 Å². The smallest absolute Gasteiger partial charge is 0.171 e. The topological polar surface area (TPSA) is 84.3 Å². The minimum Gasteiger partial charge on any atom is -0.360 e. The molecule has 7 heteroatoms. The Bertz CT molecular complexity index is 1100. The van der Waals surface area contributed by atoms with E-state index in [2.05, 4.69) is 20.3 Å². The van der Waals surface area contributed by atoms with Gasteiger partial charge in [-0.1, -0.05) is 6.08 Å². The van der Waals surface area contributed by atoms with Crippen LogP contribution in [0.2, 0.25) is 0 Å². The molecular weight excluding hydrogens is 360 g/mol. The molecule has 1 aliphatic carbocycles. The van der Waals surface area contributed by atoms with Gasteiger partial charge < -0.3 is 5.32 Å². The van der Waals surface area contributed by atoms with Gasteiger partial charge in [-0.3, -0.25) is 4.99 Å². The van der Waals surface area contributed by atoms with Gasteiger partial charge in [-0.25, -0.2) is 18.4 Å². The van der Waals surface area contributed by atoms with Crippen LogP contribution >= 0.6 is 0 Å². The van der Waals surface area contributed by atoms with Gasteiger partial charge in [0.05, 0.1) is 11.2 Å². The maximum atomic E-state index is 11.6. The van der Waals surface area contributed by atoms with Gasteiger partial charge in [0.2, 0.25) is 0 Å². The van der Waals surface area contributed by atoms with E-state index in [1.807, 2.05) is 38.2 Å². The molecule has 0 spiro atoms. The van der Waals surface area contributed by atoms with Gasteiger partial charge in [-0.2, -0.15) is 0 Å². The lowest BCUT2D eigenvalue weighted by atomic mass is 10.0. The first kappa shape index (κ1) is 19.0. The molecule has 0 unspecified atom stereocenters. The molecule has 1 aliphatic rings. The van der Waals surface area contributed by atoms with Crippen LogP contribution in [0.1, 0.15) is 32.5 Å². The van der Waals surface area contributed by atoms with Crippen LogP contribution in [0.3, 0.4) is 0 Å². The van der Waals surface area contributed by atoms with Gasteiger partial charge >= 0.3 is 0 Å². The molecule has 1 heterocycles. The zero-order chi connectivity index (χ0) is 19.4. The molecule has 3 rings (SSSR count). The second-order valence-electron chi connectivity index (χ2n) is 6.38. The minimum atomic E-state index is -3.13. The highest BCUT2D eigenvalue weighted by Gasteiger charge is 2.17. The van der Waals surface area contributed by atoms with E-state index in [0.717, 1.165) is 27.9 Å². The lowest BCUT2D eigenvalue weighted by Crippen LogP contribution is -2.05. The molecule has 0 radical (unpaired) electrons. The van der Waals surface area contributed by atoms with Gasteiger partial charge in [-0.15, -0.1) is 0 Å². The summed E-state index contributed by atoms with van der Waals surface area (Å²) in [5.41, 5.74) is 3.61. The highest BCUT2D eigenvalue weighted by atomic mass is 32.2. The Morgan fingerprint density at radius 3 is 2.74 bits per heavy atom. The number of benzene rings is 1. The molecule has 0 aliphatic heterocycles. The summed E-state index contributed by atoms with van der Waals surface area (Å²) in [4.78, 5) is 13.7. The van der Waals surface area contributed by atoms with E-state index in [0.29, 0.717) is 23.6 Å². The number of aliphatic imine (C=N–C) groups is 1. The molecule has 1 N–H and O–H groups in total. The normalized spacial score (nSPS) is 15.7. The zero-order valence-corrected chi connectivity index (χ0v) is 16.4. The maximum Gasteiger partial charge on any atom is 0.171 e. The number of fused-ring (bicyclic) bond motifs is 1. The van der Waals surface area contributed by atoms with Crippen LogP contribution in [0.4, 0.5) is 5.69 Å². The lowest BCUT2D eigenvalue weighted by molar-refractivity contribution is 0.605. The summed E-state index contributed by atoms with van der Waals surface area (Å²) in [6.45, 7) is 3.80. The number of nitrogens with zero attached hydrogens (tertiary/aromatic N) is 3. The minimum absolute atomic E-state index is 0.457. The molecule has 1 aromatic carbocycles. The van der Waals surface area contributed by atoms with E-state index in [1.54, 1.807) is 24.6 Å². The molecule has 0 saturated carbocycles. The van der Waals surface area contributed by atoms with E-state index >= 15 is 0 Å². The molecule has 140 valence electrons. The summed E-state index contributed by atoms with van der Waals surface area (Å²) in [5.74, 6) is 0.639. The first-order valence-electron chi connectivity index (χ1n) is 8.66. The number of aromatic nitrogens is 2. The molecule has 6 nitrogen and oxygen atoms in total. The van der Waals surface area contributed by atoms with Crippen molar-refractivity contribution in [3.8, 4) is 0 Å². The molecule has 0 amide bonds. The second kappa shape index (κ2) is 7.84. The van der Waals surface area contributed by atoms with Crippen molar-refractivity contribution in [3.63, 3.8) is 0 Å². The van der Waals surface area contributed by atoms with E-state index in [9.17, 15) is 8.42 Å². The zero-order valence-electron chi connectivity index (χ0n) is 15.6. The van der Waals surface area contributed by atoms with Crippen molar-refractivity contribution in [3.05, 3.63) is 59.2 Å². The Morgan fingerprint density at radius 2 is 2.07 bits per heavy atom. The Morgan fingerprint density at radius 1 is 1.26 bits per heavy atom. The highest BCUT2D eigenvalue weighted by Crippen LogP contribution is 2.28. The third-order valence-corrected chi connectivity index (χ3v) is 5.53. The number of sulfone groups is 1. The van der Waals surface area contributed by atoms with Gasteiger partial charge in [0.1, 0.15) is 0 Å². The average Bonchev–Trinajstić information content (AvgIpc) is 2.65. The standard InChI is InChI=1S/C20H22N4O2S/c1-4-21-14(2)12-22-17-7-10-19-16(11-17)13-23-20(24-19)15-5-8-18(9-6-15)27(3,25)26/h4-5,7-8,10-13,22H,6,9H2,1-3H3/b14-12-,21-4?. The first-order valence-corrected chi connectivity index (χ1v) is 10.5. The van der Waals surface area contributed by atoms with Crippen molar-refractivity contribution in [2.75, 3.05) is 11.6 Å². The summed E-state index contributed by atoms with van der Waals surface area (Å²) in [5, 5.41) is 4.14. The van der Waals surface area contributed by atoms with Crippen LogP contribution in [-0.2, 0) is 9.84 Å². The Kier molecular flexibility index (Phi) is 5.51. The van der Waals surface area contributed by atoms with Crippen LogP contribution in [0.15, 0.2) is 58.3 Å². The Labute approximate surface area is 159 Å². The Hall–Kier alpha value is -2.80. The SMILES string of the molecule is CC=N/C(C)=C\Nc1ccc2nc(C3=CC=C(S(C)(=O)=O)CC3)ncc2c1. The molecule has 0 atom stereocenters. The van der Waals surface area contributed by atoms with Crippen molar-refractivity contribution >= 4 is 38.2 Å². The number of anilines is 1. The number of hydrogen-bond donors (Lipinski definition) is 1. The number of allylic oxidation sites excluding steroid dienone is 5. The van der Waals surface area contributed by atoms with Gasteiger partial charge in [0.25, 0.3) is 0 Å². The average molecular weight is 382 g/mol. The summed E-state index contributed by atoms with van der Waals surface area (Å²) < 4.78 is 23.2. The van der Waals surface area contributed by atoms with E-state index in [1.165, 1.54) is 6.26 Å². The molecule has 0 saturated heterocycles. The van der Waals surface area contributed by atoms with Crippen LogP contribution in [-0.4, -0.2) is 30.9 Å².